The summed E-state index contributed by atoms with van der Waals surface area (Å²) in [7, 11) is 0. The molecular weight excluding hydrogens is 240 g/mol. The van der Waals surface area contributed by atoms with Crippen molar-refractivity contribution in [2.24, 2.45) is 0 Å². The molecule has 0 radical (unpaired) electrons. The quantitative estimate of drug-likeness (QED) is 0.775. The molecule has 2 rings (SSSR count). The molecule has 0 unspecified atom stereocenters. The summed E-state index contributed by atoms with van der Waals surface area (Å²) in [6, 6.07) is 8.14. The molecule has 0 aliphatic carbocycles. The summed E-state index contributed by atoms with van der Waals surface area (Å²) in [6.07, 6.45) is 3.48. The van der Waals surface area contributed by atoms with Gasteiger partial charge in [-0.05, 0) is 28.4 Å². The van der Waals surface area contributed by atoms with Gasteiger partial charge in [-0.2, -0.15) is 0 Å². The van der Waals surface area contributed by atoms with Crippen LogP contribution in [-0.2, 0) is 0 Å². The van der Waals surface area contributed by atoms with Crippen LogP contribution in [-0.4, -0.2) is 9.97 Å². The molecule has 0 saturated carbocycles. The van der Waals surface area contributed by atoms with Crippen LogP contribution in [0.1, 0.15) is 5.56 Å². The monoisotopic (exact) mass is 248 g/mol. The number of hydrogen-bond donors (Lipinski definition) is 0. The molecule has 0 spiro atoms. The molecule has 0 aliphatic rings. The maximum absolute atomic E-state index is 4.30. The zero-order valence-electron chi connectivity index (χ0n) is 7.74. The average molecular weight is 249 g/mol. The van der Waals surface area contributed by atoms with Crippen molar-refractivity contribution in [3.63, 3.8) is 0 Å². The van der Waals surface area contributed by atoms with E-state index in [4.69, 9.17) is 0 Å². The van der Waals surface area contributed by atoms with Crippen molar-refractivity contribution in [1.29, 1.82) is 0 Å². The highest BCUT2D eigenvalue weighted by molar-refractivity contribution is 9.10. The summed E-state index contributed by atoms with van der Waals surface area (Å²) in [4.78, 5) is 8.45. The second-order valence-electron chi connectivity index (χ2n) is 3.04. The second-order valence-corrected chi connectivity index (χ2v) is 3.85. The van der Waals surface area contributed by atoms with E-state index in [-0.39, 0.29) is 0 Å². The SMILES string of the molecule is Cc1ccccc1-c1cnc(Br)cn1. The summed E-state index contributed by atoms with van der Waals surface area (Å²) >= 11 is 3.26. The number of aryl methyl sites for hydroxylation is 1. The Hall–Kier alpha value is -1.22. The highest BCUT2D eigenvalue weighted by atomic mass is 79.9. The second kappa shape index (κ2) is 3.88. The van der Waals surface area contributed by atoms with Gasteiger partial charge < -0.3 is 0 Å². The van der Waals surface area contributed by atoms with E-state index in [0.29, 0.717) is 0 Å². The first-order valence-electron chi connectivity index (χ1n) is 4.31. The molecule has 0 N–H and O–H groups in total. The maximum Gasteiger partial charge on any atom is 0.124 e. The number of benzene rings is 1. The van der Waals surface area contributed by atoms with Crippen molar-refractivity contribution in [2.75, 3.05) is 0 Å². The molecule has 1 aromatic heterocycles. The van der Waals surface area contributed by atoms with E-state index < -0.39 is 0 Å². The van der Waals surface area contributed by atoms with Crippen LogP contribution < -0.4 is 0 Å². The fraction of sp³-hybridized carbons (Fsp3) is 0.0909. The number of aromatic nitrogens is 2. The van der Waals surface area contributed by atoms with Crippen LogP contribution in [0.3, 0.4) is 0 Å². The predicted molar refractivity (Wildman–Crippen MR) is 59.9 cm³/mol. The molecule has 2 nitrogen and oxygen atoms in total. The Labute approximate surface area is 91.2 Å². The molecule has 0 saturated heterocycles. The highest BCUT2D eigenvalue weighted by Crippen LogP contribution is 2.20. The molecule has 2 aromatic rings. The summed E-state index contributed by atoms with van der Waals surface area (Å²) in [5.74, 6) is 0. The number of rotatable bonds is 1. The van der Waals surface area contributed by atoms with Crippen molar-refractivity contribution in [3.05, 3.63) is 46.8 Å². The Morgan fingerprint density at radius 2 is 1.86 bits per heavy atom. The van der Waals surface area contributed by atoms with Crippen LogP contribution in [0.4, 0.5) is 0 Å². The molecule has 0 amide bonds. The minimum absolute atomic E-state index is 0.759. The van der Waals surface area contributed by atoms with Crippen molar-refractivity contribution in [1.82, 2.24) is 9.97 Å². The van der Waals surface area contributed by atoms with Crippen LogP contribution in [0.2, 0.25) is 0 Å². The summed E-state index contributed by atoms with van der Waals surface area (Å²) in [5.41, 5.74) is 3.25. The standard InChI is InChI=1S/C11H9BrN2/c1-8-4-2-3-5-9(8)10-6-14-11(12)7-13-10/h2-7H,1H3. The van der Waals surface area contributed by atoms with E-state index in [1.807, 2.05) is 18.2 Å². The van der Waals surface area contributed by atoms with Crippen LogP contribution in [0, 0.1) is 6.92 Å². The van der Waals surface area contributed by atoms with Crippen LogP contribution >= 0.6 is 15.9 Å². The van der Waals surface area contributed by atoms with Gasteiger partial charge in [-0.25, -0.2) is 4.98 Å². The fourth-order valence-electron chi connectivity index (χ4n) is 1.31. The van der Waals surface area contributed by atoms with E-state index in [9.17, 15) is 0 Å². The van der Waals surface area contributed by atoms with Crippen LogP contribution in [0.15, 0.2) is 41.3 Å². The van der Waals surface area contributed by atoms with Gasteiger partial charge in [0.2, 0.25) is 0 Å². The number of hydrogen-bond acceptors (Lipinski definition) is 2. The lowest BCUT2D eigenvalue weighted by Crippen LogP contribution is -1.88. The van der Waals surface area contributed by atoms with Gasteiger partial charge in [0.05, 0.1) is 18.1 Å². The van der Waals surface area contributed by atoms with Gasteiger partial charge in [-0.1, -0.05) is 24.3 Å². The van der Waals surface area contributed by atoms with E-state index in [2.05, 4.69) is 38.9 Å². The van der Waals surface area contributed by atoms with Crippen molar-refractivity contribution in [3.8, 4) is 11.3 Å². The molecular formula is C11H9BrN2. The van der Waals surface area contributed by atoms with Gasteiger partial charge in [0.15, 0.2) is 0 Å². The Morgan fingerprint density at radius 3 is 2.50 bits per heavy atom. The minimum atomic E-state index is 0.759. The highest BCUT2D eigenvalue weighted by Gasteiger charge is 2.01. The van der Waals surface area contributed by atoms with Gasteiger partial charge in [0.25, 0.3) is 0 Å². The van der Waals surface area contributed by atoms with Gasteiger partial charge in [-0.3, -0.25) is 4.98 Å². The molecule has 0 bridgehead atoms. The van der Waals surface area contributed by atoms with Crippen LogP contribution in [0.5, 0.6) is 0 Å². The summed E-state index contributed by atoms with van der Waals surface area (Å²) < 4.78 is 0.759. The van der Waals surface area contributed by atoms with E-state index >= 15 is 0 Å². The smallest absolute Gasteiger partial charge is 0.124 e. The third-order valence-electron chi connectivity index (χ3n) is 2.04. The first kappa shape index (κ1) is 9.34. The first-order valence-corrected chi connectivity index (χ1v) is 5.10. The lowest BCUT2D eigenvalue weighted by Gasteiger charge is -2.03. The van der Waals surface area contributed by atoms with Crippen molar-refractivity contribution >= 4 is 15.9 Å². The number of nitrogens with zero attached hydrogens (tertiary/aromatic N) is 2. The fourth-order valence-corrected chi connectivity index (χ4v) is 1.52. The van der Waals surface area contributed by atoms with Crippen LogP contribution in [0.25, 0.3) is 11.3 Å². The molecule has 0 atom stereocenters. The van der Waals surface area contributed by atoms with Gasteiger partial charge in [0.1, 0.15) is 4.60 Å². The predicted octanol–water partition coefficient (Wildman–Crippen LogP) is 3.21. The Bertz CT molecular complexity index is 437. The molecule has 70 valence electrons. The third-order valence-corrected chi connectivity index (χ3v) is 2.45. The van der Waals surface area contributed by atoms with E-state index in [0.717, 1.165) is 15.9 Å². The molecule has 0 fully saturated rings. The molecule has 3 heteroatoms. The molecule has 0 aliphatic heterocycles. The zero-order chi connectivity index (χ0) is 9.97. The van der Waals surface area contributed by atoms with Gasteiger partial charge in [0, 0.05) is 5.56 Å². The van der Waals surface area contributed by atoms with Gasteiger partial charge in [-0.15, -0.1) is 0 Å². The van der Waals surface area contributed by atoms with E-state index in [1.54, 1.807) is 12.4 Å². The average Bonchev–Trinajstić information content (AvgIpc) is 2.20. The lowest BCUT2D eigenvalue weighted by molar-refractivity contribution is 1.16. The lowest BCUT2D eigenvalue weighted by atomic mass is 10.1. The van der Waals surface area contributed by atoms with Crippen molar-refractivity contribution in [2.45, 2.75) is 6.92 Å². The Balaban J connectivity index is 2.50. The van der Waals surface area contributed by atoms with Gasteiger partial charge >= 0.3 is 0 Å². The topological polar surface area (TPSA) is 25.8 Å². The summed E-state index contributed by atoms with van der Waals surface area (Å²) in [5, 5.41) is 0. The zero-order valence-corrected chi connectivity index (χ0v) is 9.32. The first-order chi connectivity index (χ1) is 6.77. The largest absolute Gasteiger partial charge is 0.252 e. The Morgan fingerprint density at radius 1 is 1.07 bits per heavy atom. The molecule has 14 heavy (non-hydrogen) atoms. The third kappa shape index (κ3) is 1.82. The summed E-state index contributed by atoms with van der Waals surface area (Å²) in [6.45, 7) is 2.07. The number of halogens is 1. The normalized spacial score (nSPS) is 10.1. The minimum Gasteiger partial charge on any atom is -0.252 e. The Kier molecular flexibility index (Phi) is 2.59. The van der Waals surface area contributed by atoms with Crippen molar-refractivity contribution < 1.29 is 0 Å². The van der Waals surface area contributed by atoms with E-state index in [1.165, 1.54) is 5.56 Å². The maximum atomic E-state index is 4.30. The molecule has 1 heterocycles. The molecule has 1 aromatic carbocycles.